The molecule has 2 unspecified atom stereocenters. The molecule has 0 aliphatic heterocycles. The zero-order chi connectivity index (χ0) is 20.6. The molecule has 1 rings (SSSR count). The van der Waals surface area contributed by atoms with Crippen molar-refractivity contribution in [2.75, 3.05) is 33.7 Å². The predicted molar refractivity (Wildman–Crippen MR) is 114 cm³/mol. The summed E-state index contributed by atoms with van der Waals surface area (Å²) in [5.41, 5.74) is 6.56. The summed E-state index contributed by atoms with van der Waals surface area (Å²) in [7, 11) is 4.11. The number of rotatable bonds is 10. The van der Waals surface area contributed by atoms with Crippen LogP contribution in [0.25, 0.3) is 0 Å². The van der Waals surface area contributed by atoms with Gasteiger partial charge in [-0.15, -0.1) is 0 Å². The molecule has 154 valence electrons. The maximum Gasteiger partial charge on any atom is 0.323 e. The number of nitrogens with one attached hydrogen (secondary N) is 1. The first-order valence-electron chi connectivity index (χ1n) is 9.28. The third kappa shape index (κ3) is 9.77. The second-order valence-electron chi connectivity index (χ2n) is 8.10. The summed E-state index contributed by atoms with van der Waals surface area (Å²) in [4.78, 5) is 14.1. The maximum atomic E-state index is 11.9. The Labute approximate surface area is 173 Å². The van der Waals surface area contributed by atoms with Gasteiger partial charge in [0.05, 0.1) is 10.0 Å². The molecule has 0 saturated heterocycles. The molecule has 3 N–H and O–H groups in total. The van der Waals surface area contributed by atoms with E-state index in [9.17, 15) is 4.79 Å². The van der Waals surface area contributed by atoms with Crippen LogP contribution in [0.4, 0.5) is 0 Å². The first kappa shape index (κ1) is 24.2. The van der Waals surface area contributed by atoms with Gasteiger partial charge in [-0.2, -0.15) is 0 Å². The van der Waals surface area contributed by atoms with E-state index >= 15 is 0 Å². The lowest BCUT2D eigenvalue weighted by molar-refractivity contribution is -0.156. The zero-order valence-electron chi connectivity index (χ0n) is 17.0. The third-order valence-electron chi connectivity index (χ3n) is 4.07. The largest absolute Gasteiger partial charge is 0.459 e. The summed E-state index contributed by atoms with van der Waals surface area (Å²) >= 11 is 12.2. The van der Waals surface area contributed by atoms with Gasteiger partial charge in [0.1, 0.15) is 11.6 Å². The summed E-state index contributed by atoms with van der Waals surface area (Å²) in [5, 5.41) is 4.53. The number of hydrogen-bond acceptors (Lipinski definition) is 5. The molecule has 0 saturated carbocycles. The van der Waals surface area contributed by atoms with Crippen LogP contribution in [-0.2, 0) is 9.53 Å². The maximum absolute atomic E-state index is 11.9. The highest BCUT2D eigenvalue weighted by atomic mass is 35.5. The Balaban J connectivity index is 2.56. The highest BCUT2D eigenvalue weighted by Gasteiger charge is 2.22. The van der Waals surface area contributed by atoms with E-state index in [1.807, 2.05) is 39.0 Å². The van der Waals surface area contributed by atoms with Gasteiger partial charge in [-0.3, -0.25) is 4.79 Å². The molecule has 0 amide bonds. The van der Waals surface area contributed by atoms with Crippen LogP contribution in [0.3, 0.4) is 0 Å². The van der Waals surface area contributed by atoms with E-state index in [-0.39, 0.29) is 5.97 Å². The first-order valence-corrected chi connectivity index (χ1v) is 10.0. The Morgan fingerprint density at radius 3 is 2.44 bits per heavy atom. The van der Waals surface area contributed by atoms with Crippen LogP contribution < -0.4 is 11.1 Å². The minimum atomic E-state index is -0.623. The molecule has 0 heterocycles. The lowest BCUT2D eigenvalue weighted by Crippen LogP contribution is -2.39. The second-order valence-corrected chi connectivity index (χ2v) is 8.91. The Bertz CT molecular complexity index is 603. The topological polar surface area (TPSA) is 67.6 Å². The standard InChI is InChI=1S/C20H33Cl2N3O2/c1-20(2,3)27-19(26)18(23)8-10-24-13-15(9-11-25(4)5)14-6-7-16(21)17(22)12-14/h6-7,12,15,18,24H,8-11,13,23H2,1-5H3. The van der Waals surface area contributed by atoms with Crippen LogP contribution in [0.5, 0.6) is 0 Å². The zero-order valence-corrected chi connectivity index (χ0v) is 18.5. The molecule has 27 heavy (non-hydrogen) atoms. The van der Waals surface area contributed by atoms with Crippen LogP contribution in [0.2, 0.25) is 10.0 Å². The molecular weight excluding hydrogens is 385 g/mol. The van der Waals surface area contributed by atoms with E-state index in [2.05, 4.69) is 24.3 Å². The molecule has 1 aromatic carbocycles. The number of carbonyl (C=O) groups is 1. The molecule has 0 fully saturated rings. The number of carbonyl (C=O) groups excluding carboxylic acids is 1. The summed E-state index contributed by atoms with van der Waals surface area (Å²) < 4.78 is 5.31. The smallest absolute Gasteiger partial charge is 0.323 e. The van der Waals surface area contributed by atoms with Gasteiger partial charge in [0.25, 0.3) is 0 Å². The summed E-state index contributed by atoms with van der Waals surface area (Å²) in [6.07, 6.45) is 1.51. The monoisotopic (exact) mass is 417 g/mol. The Morgan fingerprint density at radius 2 is 1.89 bits per heavy atom. The normalized spacial score (nSPS) is 14.3. The first-order chi connectivity index (χ1) is 12.5. The van der Waals surface area contributed by atoms with Crippen LogP contribution in [0.1, 0.15) is 45.1 Å². The van der Waals surface area contributed by atoms with E-state index in [0.717, 1.165) is 25.1 Å². The molecule has 5 nitrogen and oxygen atoms in total. The van der Waals surface area contributed by atoms with E-state index in [4.69, 9.17) is 33.7 Å². The minimum Gasteiger partial charge on any atom is -0.459 e. The molecular formula is C20H33Cl2N3O2. The second kappa shape index (κ2) is 11.2. The van der Waals surface area contributed by atoms with E-state index < -0.39 is 11.6 Å². The molecule has 0 aliphatic rings. The summed E-state index contributed by atoms with van der Waals surface area (Å²) in [6, 6.07) is 5.16. The lowest BCUT2D eigenvalue weighted by atomic mass is 9.95. The van der Waals surface area contributed by atoms with Crippen molar-refractivity contribution in [3.05, 3.63) is 33.8 Å². The highest BCUT2D eigenvalue weighted by Crippen LogP contribution is 2.28. The van der Waals surface area contributed by atoms with Crippen molar-refractivity contribution in [3.8, 4) is 0 Å². The molecule has 2 atom stereocenters. The summed E-state index contributed by atoms with van der Waals surface area (Å²) in [5.74, 6) is -0.0714. The van der Waals surface area contributed by atoms with E-state index in [0.29, 0.717) is 28.9 Å². The predicted octanol–water partition coefficient (Wildman–Crippen LogP) is 3.68. The third-order valence-corrected chi connectivity index (χ3v) is 4.81. The van der Waals surface area contributed by atoms with Crippen molar-refractivity contribution in [3.63, 3.8) is 0 Å². The van der Waals surface area contributed by atoms with Gasteiger partial charge in [-0.05, 0) is 84.4 Å². The van der Waals surface area contributed by atoms with Crippen LogP contribution in [0.15, 0.2) is 18.2 Å². The van der Waals surface area contributed by atoms with Crippen molar-refractivity contribution >= 4 is 29.2 Å². The van der Waals surface area contributed by atoms with Crippen molar-refractivity contribution in [2.45, 2.75) is 51.2 Å². The van der Waals surface area contributed by atoms with Crippen molar-refractivity contribution in [1.29, 1.82) is 0 Å². The average Bonchev–Trinajstić information content (AvgIpc) is 2.54. The molecule has 7 heteroatoms. The molecule has 0 spiro atoms. The van der Waals surface area contributed by atoms with Gasteiger partial charge in [0.15, 0.2) is 0 Å². The number of ether oxygens (including phenoxy) is 1. The van der Waals surface area contributed by atoms with Gasteiger partial charge < -0.3 is 20.7 Å². The van der Waals surface area contributed by atoms with Gasteiger partial charge in [-0.1, -0.05) is 29.3 Å². The number of nitrogens with zero attached hydrogens (tertiary/aromatic N) is 1. The summed E-state index contributed by atoms with van der Waals surface area (Å²) in [6.45, 7) is 7.88. The number of nitrogens with two attached hydrogens (primary N) is 1. The van der Waals surface area contributed by atoms with Gasteiger partial charge >= 0.3 is 5.97 Å². The Kier molecular flexibility index (Phi) is 10.1. The fourth-order valence-electron chi connectivity index (χ4n) is 2.60. The number of halogens is 2. The average molecular weight is 418 g/mol. The number of benzene rings is 1. The van der Waals surface area contributed by atoms with Crippen LogP contribution in [0, 0.1) is 0 Å². The van der Waals surface area contributed by atoms with E-state index in [1.54, 1.807) is 0 Å². The number of hydrogen-bond donors (Lipinski definition) is 2. The Hall–Kier alpha value is -0.850. The van der Waals surface area contributed by atoms with Crippen molar-refractivity contribution < 1.29 is 9.53 Å². The van der Waals surface area contributed by atoms with Crippen molar-refractivity contribution in [2.24, 2.45) is 5.73 Å². The Morgan fingerprint density at radius 1 is 1.22 bits per heavy atom. The molecule has 0 bridgehead atoms. The van der Waals surface area contributed by atoms with Crippen LogP contribution in [-0.4, -0.2) is 56.2 Å². The van der Waals surface area contributed by atoms with E-state index in [1.165, 1.54) is 0 Å². The van der Waals surface area contributed by atoms with Crippen LogP contribution >= 0.6 is 23.2 Å². The molecule has 0 radical (unpaired) electrons. The van der Waals surface area contributed by atoms with Gasteiger partial charge in [-0.25, -0.2) is 0 Å². The quantitative estimate of drug-likeness (QED) is 0.448. The molecule has 0 aliphatic carbocycles. The molecule has 0 aromatic heterocycles. The minimum absolute atomic E-state index is 0.292. The lowest BCUT2D eigenvalue weighted by Gasteiger charge is -2.23. The number of esters is 1. The SMILES string of the molecule is CN(C)CCC(CNCCC(N)C(=O)OC(C)(C)C)c1ccc(Cl)c(Cl)c1. The fourth-order valence-corrected chi connectivity index (χ4v) is 2.90. The fraction of sp³-hybridized carbons (Fsp3) is 0.650. The van der Waals surface area contributed by atoms with Gasteiger partial charge in [0.2, 0.25) is 0 Å². The van der Waals surface area contributed by atoms with Gasteiger partial charge in [0, 0.05) is 6.54 Å². The van der Waals surface area contributed by atoms with Crippen molar-refractivity contribution in [1.82, 2.24) is 10.2 Å². The molecule has 1 aromatic rings. The highest BCUT2D eigenvalue weighted by molar-refractivity contribution is 6.42.